The SMILES string of the molecule is O=C(CO)Oc1ccc(I)cc1.[NaH]. The summed E-state index contributed by atoms with van der Waals surface area (Å²) in [6.45, 7) is -0.591. The van der Waals surface area contributed by atoms with Gasteiger partial charge in [0.25, 0.3) is 0 Å². The number of benzene rings is 1. The predicted octanol–water partition coefficient (Wildman–Crippen LogP) is 0.540. The summed E-state index contributed by atoms with van der Waals surface area (Å²) in [6, 6.07) is 6.99. The molecule has 0 aliphatic carbocycles. The van der Waals surface area contributed by atoms with E-state index < -0.39 is 12.6 Å². The van der Waals surface area contributed by atoms with Crippen molar-refractivity contribution in [1.29, 1.82) is 0 Å². The molecule has 0 aliphatic heterocycles. The molecule has 5 heteroatoms. The van der Waals surface area contributed by atoms with E-state index in [0.717, 1.165) is 3.57 Å². The van der Waals surface area contributed by atoms with E-state index in [0.29, 0.717) is 5.75 Å². The molecule has 0 amide bonds. The van der Waals surface area contributed by atoms with Gasteiger partial charge in [0.2, 0.25) is 0 Å². The second-order valence-electron chi connectivity index (χ2n) is 2.09. The Kier molecular flexibility index (Phi) is 6.98. The van der Waals surface area contributed by atoms with Crippen LogP contribution in [0.5, 0.6) is 5.75 Å². The number of aliphatic hydroxyl groups is 1. The second-order valence-corrected chi connectivity index (χ2v) is 3.33. The van der Waals surface area contributed by atoms with Gasteiger partial charge in [-0.05, 0) is 46.9 Å². The number of halogens is 1. The van der Waals surface area contributed by atoms with Gasteiger partial charge in [0.1, 0.15) is 12.4 Å². The van der Waals surface area contributed by atoms with E-state index >= 15 is 0 Å². The van der Waals surface area contributed by atoms with Gasteiger partial charge in [0.05, 0.1) is 0 Å². The van der Waals surface area contributed by atoms with Gasteiger partial charge in [-0.1, -0.05) is 0 Å². The van der Waals surface area contributed by atoms with Crippen molar-refractivity contribution >= 4 is 58.1 Å². The van der Waals surface area contributed by atoms with E-state index in [2.05, 4.69) is 22.6 Å². The first-order valence-electron chi connectivity index (χ1n) is 3.29. The minimum absolute atomic E-state index is 0. The van der Waals surface area contributed by atoms with Crippen LogP contribution in [-0.4, -0.2) is 47.2 Å². The fourth-order valence-electron chi connectivity index (χ4n) is 0.666. The van der Waals surface area contributed by atoms with E-state index in [-0.39, 0.29) is 29.6 Å². The number of ether oxygens (including phenoxy) is 1. The van der Waals surface area contributed by atoms with Crippen molar-refractivity contribution in [2.75, 3.05) is 6.61 Å². The molecule has 0 aliphatic rings. The summed E-state index contributed by atoms with van der Waals surface area (Å²) < 4.78 is 5.79. The molecule has 0 spiro atoms. The average molecular weight is 302 g/mol. The first-order chi connectivity index (χ1) is 5.72. The second kappa shape index (κ2) is 6.78. The molecule has 1 aromatic rings. The number of hydrogen-bond acceptors (Lipinski definition) is 3. The van der Waals surface area contributed by atoms with Crippen LogP contribution in [0.25, 0.3) is 0 Å². The fraction of sp³-hybridized carbons (Fsp3) is 0.125. The number of carbonyl (C=O) groups is 1. The topological polar surface area (TPSA) is 46.5 Å². The van der Waals surface area contributed by atoms with Gasteiger partial charge in [-0.3, -0.25) is 0 Å². The van der Waals surface area contributed by atoms with Crippen LogP contribution in [0.4, 0.5) is 0 Å². The molecule has 66 valence electrons. The van der Waals surface area contributed by atoms with Crippen molar-refractivity contribution in [2.24, 2.45) is 0 Å². The molecule has 1 rings (SSSR count). The van der Waals surface area contributed by atoms with E-state index in [1.165, 1.54) is 0 Å². The van der Waals surface area contributed by atoms with E-state index in [1.807, 2.05) is 12.1 Å². The van der Waals surface area contributed by atoms with Crippen LogP contribution >= 0.6 is 22.6 Å². The Morgan fingerprint density at radius 1 is 1.38 bits per heavy atom. The molecule has 0 saturated heterocycles. The van der Waals surface area contributed by atoms with E-state index in [1.54, 1.807) is 12.1 Å². The van der Waals surface area contributed by atoms with Crippen molar-refractivity contribution < 1.29 is 14.6 Å². The molecule has 0 unspecified atom stereocenters. The van der Waals surface area contributed by atoms with Crippen LogP contribution in [0.15, 0.2) is 24.3 Å². The Hall–Kier alpha value is 0.380. The Morgan fingerprint density at radius 3 is 2.38 bits per heavy atom. The zero-order valence-corrected chi connectivity index (χ0v) is 8.32. The molecule has 0 radical (unpaired) electrons. The van der Waals surface area contributed by atoms with Crippen LogP contribution < -0.4 is 4.74 Å². The third kappa shape index (κ3) is 4.97. The summed E-state index contributed by atoms with van der Waals surface area (Å²) in [6.07, 6.45) is 0. The maximum atomic E-state index is 10.6. The Bertz CT molecular complexity index is 273. The molecule has 3 nitrogen and oxygen atoms in total. The molecule has 0 heterocycles. The predicted molar refractivity (Wildman–Crippen MR) is 59.0 cm³/mol. The van der Waals surface area contributed by atoms with Crippen molar-refractivity contribution in [2.45, 2.75) is 0 Å². The molecule has 13 heavy (non-hydrogen) atoms. The molecule has 0 fully saturated rings. The molecule has 0 atom stereocenters. The summed E-state index contributed by atoms with van der Waals surface area (Å²) >= 11 is 2.15. The maximum absolute atomic E-state index is 10.6. The van der Waals surface area contributed by atoms with Crippen LogP contribution in [0.1, 0.15) is 0 Å². The number of esters is 1. The molecule has 1 N–H and O–H groups in total. The Morgan fingerprint density at radius 2 is 1.92 bits per heavy atom. The molecule has 1 aromatic carbocycles. The summed E-state index contributed by atoms with van der Waals surface area (Å²) in [5.41, 5.74) is 0. The monoisotopic (exact) mass is 302 g/mol. The molecular formula is C8H8INaO3. The van der Waals surface area contributed by atoms with Gasteiger partial charge >= 0.3 is 35.5 Å². The first kappa shape index (κ1) is 13.4. The molecule has 0 saturated carbocycles. The normalized spacial score (nSPS) is 8.77. The van der Waals surface area contributed by atoms with E-state index in [9.17, 15) is 4.79 Å². The Labute approximate surface area is 112 Å². The summed E-state index contributed by atoms with van der Waals surface area (Å²) in [5.74, 6) is -0.189. The van der Waals surface area contributed by atoms with Crippen molar-refractivity contribution in [3.8, 4) is 5.75 Å². The minimum atomic E-state index is -0.642. The number of carbonyl (C=O) groups excluding carboxylic acids is 1. The van der Waals surface area contributed by atoms with Gasteiger partial charge in [-0.2, -0.15) is 0 Å². The van der Waals surface area contributed by atoms with Crippen molar-refractivity contribution in [3.05, 3.63) is 27.8 Å². The fourth-order valence-corrected chi connectivity index (χ4v) is 1.03. The standard InChI is InChI=1S/C8H7IO3.Na.H/c9-6-1-3-7(4-2-6)12-8(11)5-10;;/h1-4,10H,5H2;;. The van der Waals surface area contributed by atoms with Crippen LogP contribution in [0.2, 0.25) is 0 Å². The van der Waals surface area contributed by atoms with Crippen molar-refractivity contribution in [1.82, 2.24) is 0 Å². The Balaban J connectivity index is 0.00000144. The van der Waals surface area contributed by atoms with Gasteiger partial charge in [-0.15, -0.1) is 0 Å². The summed E-state index contributed by atoms with van der Waals surface area (Å²) in [4.78, 5) is 10.6. The van der Waals surface area contributed by atoms with Gasteiger partial charge < -0.3 is 9.84 Å². The van der Waals surface area contributed by atoms with Gasteiger partial charge in [0, 0.05) is 3.57 Å². The quantitative estimate of drug-likeness (QED) is 0.375. The average Bonchev–Trinajstić information content (AvgIpc) is 2.09. The molecule has 0 aromatic heterocycles. The first-order valence-corrected chi connectivity index (χ1v) is 4.37. The summed E-state index contributed by atoms with van der Waals surface area (Å²) in [5, 5.41) is 8.37. The van der Waals surface area contributed by atoms with Crippen LogP contribution in [0, 0.1) is 3.57 Å². The van der Waals surface area contributed by atoms with Gasteiger partial charge in [0.15, 0.2) is 0 Å². The third-order valence-electron chi connectivity index (χ3n) is 1.17. The zero-order chi connectivity index (χ0) is 8.97. The van der Waals surface area contributed by atoms with Crippen LogP contribution in [-0.2, 0) is 4.79 Å². The van der Waals surface area contributed by atoms with Crippen LogP contribution in [0.3, 0.4) is 0 Å². The van der Waals surface area contributed by atoms with Crippen molar-refractivity contribution in [3.63, 3.8) is 0 Å². The number of aliphatic hydroxyl groups excluding tert-OH is 1. The number of rotatable bonds is 2. The van der Waals surface area contributed by atoms with Gasteiger partial charge in [-0.25, -0.2) is 4.79 Å². The third-order valence-corrected chi connectivity index (χ3v) is 1.89. The molecular weight excluding hydrogens is 294 g/mol. The molecule has 0 bridgehead atoms. The number of hydrogen-bond donors (Lipinski definition) is 1. The van der Waals surface area contributed by atoms with E-state index in [4.69, 9.17) is 9.84 Å². The zero-order valence-electron chi connectivity index (χ0n) is 6.16. The summed E-state index contributed by atoms with van der Waals surface area (Å²) in [7, 11) is 0.